The zero-order valence-corrected chi connectivity index (χ0v) is 18.1. The van der Waals surface area contributed by atoms with E-state index in [9.17, 15) is 15.2 Å². The van der Waals surface area contributed by atoms with Gasteiger partial charge in [-0.05, 0) is 25.0 Å². The van der Waals surface area contributed by atoms with Gasteiger partial charge in [0, 0.05) is 24.1 Å². The van der Waals surface area contributed by atoms with Gasteiger partial charge in [0.2, 0.25) is 0 Å². The fourth-order valence-corrected chi connectivity index (χ4v) is 2.86. The lowest BCUT2D eigenvalue weighted by molar-refractivity contribution is 0.0908. The molecule has 0 bridgehead atoms. The molecule has 0 saturated heterocycles. The van der Waals surface area contributed by atoms with Gasteiger partial charge < -0.3 is 20.9 Å². The average Bonchev–Trinajstić information content (AvgIpc) is 2.65. The molecule has 0 amide bonds. The largest absolute Gasteiger partial charge is 0.489 e. The second-order valence-corrected chi connectivity index (χ2v) is 7.15. The molecule has 0 spiro atoms. The lowest BCUT2D eigenvalue weighted by atomic mass is 9.89. The highest BCUT2D eigenvalue weighted by Crippen LogP contribution is 2.30. The van der Waals surface area contributed by atoms with Crippen LogP contribution in [0.1, 0.15) is 69.3 Å². The highest BCUT2D eigenvalue weighted by atomic mass is 35.5. The Morgan fingerprint density at radius 3 is 2.57 bits per heavy atom. The molecular formula is C21H34ClN3O3. The summed E-state index contributed by atoms with van der Waals surface area (Å²) in [5, 5.41) is 22.6. The molecule has 2 atom stereocenters. The SMILES string of the molecule is CCCCC(CC)C(=O)c1ccc(OCC(O)CNC(C)C)c(C#N)c1N.Cl. The Balaban J connectivity index is 0.00000729. The molecule has 28 heavy (non-hydrogen) atoms. The van der Waals surface area contributed by atoms with E-state index in [0.717, 1.165) is 25.7 Å². The van der Waals surface area contributed by atoms with Gasteiger partial charge in [0.05, 0.1) is 5.69 Å². The number of ketones is 1. The molecule has 0 aromatic heterocycles. The van der Waals surface area contributed by atoms with Gasteiger partial charge in [0.1, 0.15) is 30.1 Å². The van der Waals surface area contributed by atoms with Gasteiger partial charge in [0.25, 0.3) is 0 Å². The van der Waals surface area contributed by atoms with Crippen molar-refractivity contribution >= 4 is 23.9 Å². The normalized spacial score (nSPS) is 12.8. The van der Waals surface area contributed by atoms with Crippen LogP contribution in [0.25, 0.3) is 0 Å². The summed E-state index contributed by atoms with van der Waals surface area (Å²) in [5.41, 5.74) is 6.81. The van der Waals surface area contributed by atoms with Gasteiger partial charge in [-0.2, -0.15) is 5.26 Å². The number of halogens is 1. The third-order valence-corrected chi connectivity index (χ3v) is 4.55. The minimum absolute atomic E-state index is 0. The van der Waals surface area contributed by atoms with E-state index in [1.54, 1.807) is 12.1 Å². The third kappa shape index (κ3) is 7.67. The number of hydrogen-bond acceptors (Lipinski definition) is 6. The fraction of sp³-hybridized carbons (Fsp3) is 0.619. The Bertz CT molecular complexity index is 659. The number of hydrogen-bond donors (Lipinski definition) is 3. The number of Topliss-reactive ketones (excluding diaryl/α,β-unsaturated/α-hetero) is 1. The number of nitrogens with two attached hydrogens (primary N) is 1. The number of aliphatic hydroxyl groups is 1. The smallest absolute Gasteiger partial charge is 0.168 e. The Kier molecular flexibility index (Phi) is 12.5. The summed E-state index contributed by atoms with van der Waals surface area (Å²) in [7, 11) is 0. The number of ether oxygens (including phenoxy) is 1. The molecule has 0 radical (unpaired) electrons. The Hall–Kier alpha value is -1.81. The number of benzene rings is 1. The van der Waals surface area contributed by atoms with Crippen LogP contribution in [-0.4, -0.2) is 36.2 Å². The molecule has 1 rings (SSSR count). The standard InChI is InChI=1S/C21H33N3O3.ClH/c1-5-7-8-15(6-2)21(26)17-9-10-19(18(11-22)20(17)23)27-13-16(25)12-24-14(3)4;/h9-10,14-16,24-25H,5-8,12-13,23H2,1-4H3;1H. The lowest BCUT2D eigenvalue weighted by Crippen LogP contribution is -2.35. The molecule has 1 aromatic carbocycles. The second kappa shape index (κ2) is 13.4. The van der Waals surface area contributed by atoms with Gasteiger partial charge in [-0.25, -0.2) is 0 Å². The van der Waals surface area contributed by atoms with Gasteiger partial charge in [-0.1, -0.05) is 40.5 Å². The van der Waals surface area contributed by atoms with Crippen molar-refractivity contribution in [2.45, 2.75) is 65.5 Å². The predicted octanol–water partition coefficient (Wildman–Crippen LogP) is 3.70. The van der Waals surface area contributed by atoms with Crippen LogP contribution >= 0.6 is 12.4 Å². The molecule has 0 heterocycles. The van der Waals surface area contributed by atoms with Crippen LogP contribution in [0, 0.1) is 17.2 Å². The van der Waals surface area contributed by atoms with Crippen LogP contribution in [0.5, 0.6) is 5.75 Å². The van der Waals surface area contributed by atoms with E-state index in [2.05, 4.69) is 12.2 Å². The monoisotopic (exact) mass is 411 g/mol. The third-order valence-electron chi connectivity index (χ3n) is 4.55. The summed E-state index contributed by atoms with van der Waals surface area (Å²) in [6.07, 6.45) is 2.87. The number of rotatable bonds is 12. The van der Waals surface area contributed by atoms with Crippen molar-refractivity contribution < 1.29 is 14.6 Å². The first kappa shape index (κ1) is 26.2. The molecule has 0 fully saturated rings. The summed E-state index contributed by atoms with van der Waals surface area (Å²) in [6, 6.07) is 5.51. The van der Waals surface area contributed by atoms with Crippen LogP contribution in [0.2, 0.25) is 0 Å². The highest BCUT2D eigenvalue weighted by Gasteiger charge is 2.23. The van der Waals surface area contributed by atoms with Gasteiger partial charge in [-0.3, -0.25) is 4.79 Å². The second-order valence-electron chi connectivity index (χ2n) is 7.15. The van der Waals surface area contributed by atoms with E-state index in [4.69, 9.17) is 10.5 Å². The van der Waals surface area contributed by atoms with Crippen LogP contribution in [0.15, 0.2) is 12.1 Å². The predicted molar refractivity (Wildman–Crippen MR) is 115 cm³/mol. The van der Waals surface area contributed by atoms with Crippen molar-refractivity contribution in [3.8, 4) is 11.8 Å². The van der Waals surface area contributed by atoms with Crippen LogP contribution in [0.4, 0.5) is 5.69 Å². The maximum Gasteiger partial charge on any atom is 0.168 e. The summed E-state index contributed by atoms with van der Waals surface area (Å²) in [5.74, 6) is 0.180. The lowest BCUT2D eigenvalue weighted by Gasteiger charge is -2.18. The van der Waals surface area contributed by atoms with Gasteiger partial charge in [-0.15, -0.1) is 12.4 Å². The Morgan fingerprint density at radius 2 is 2.04 bits per heavy atom. The fourth-order valence-electron chi connectivity index (χ4n) is 2.86. The Labute approximate surface area is 174 Å². The van der Waals surface area contributed by atoms with E-state index in [-0.39, 0.29) is 53.8 Å². The average molecular weight is 412 g/mol. The number of carbonyl (C=O) groups is 1. The highest BCUT2D eigenvalue weighted by molar-refractivity contribution is 6.03. The van der Waals surface area contributed by atoms with Crippen LogP contribution in [0.3, 0.4) is 0 Å². The van der Waals surface area contributed by atoms with Crippen LogP contribution in [-0.2, 0) is 0 Å². The molecule has 158 valence electrons. The molecule has 0 aliphatic heterocycles. The van der Waals surface area contributed by atoms with Crippen molar-refractivity contribution in [3.63, 3.8) is 0 Å². The summed E-state index contributed by atoms with van der Waals surface area (Å²) >= 11 is 0. The molecule has 7 heteroatoms. The zero-order valence-electron chi connectivity index (χ0n) is 17.3. The number of unbranched alkanes of at least 4 members (excludes halogenated alkanes) is 1. The van der Waals surface area contributed by atoms with Crippen molar-refractivity contribution in [1.82, 2.24) is 5.32 Å². The van der Waals surface area contributed by atoms with Gasteiger partial charge in [0.15, 0.2) is 5.78 Å². The van der Waals surface area contributed by atoms with E-state index in [1.807, 2.05) is 26.8 Å². The number of nitrogens with zero attached hydrogens (tertiary/aromatic N) is 1. The van der Waals surface area contributed by atoms with Crippen molar-refractivity contribution in [1.29, 1.82) is 5.26 Å². The molecular weight excluding hydrogens is 378 g/mol. The molecule has 0 aliphatic carbocycles. The first-order valence-electron chi connectivity index (χ1n) is 9.76. The summed E-state index contributed by atoms with van der Waals surface area (Å²) in [6.45, 7) is 8.49. The maximum atomic E-state index is 12.8. The zero-order chi connectivity index (χ0) is 20.4. The number of nitrogens with one attached hydrogen (secondary N) is 1. The number of nitrogen functional groups attached to an aromatic ring is 1. The maximum absolute atomic E-state index is 12.8. The van der Waals surface area contributed by atoms with Crippen molar-refractivity contribution in [3.05, 3.63) is 23.3 Å². The molecule has 4 N–H and O–H groups in total. The van der Waals surface area contributed by atoms with E-state index >= 15 is 0 Å². The molecule has 0 aliphatic rings. The molecule has 1 aromatic rings. The van der Waals surface area contributed by atoms with Crippen LogP contribution < -0.4 is 15.8 Å². The topological polar surface area (TPSA) is 108 Å². The first-order valence-corrected chi connectivity index (χ1v) is 9.76. The minimum Gasteiger partial charge on any atom is -0.489 e. The number of anilines is 1. The number of nitriles is 1. The van der Waals surface area contributed by atoms with E-state index in [0.29, 0.717) is 12.1 Å². The van der Waals surface area contributed by atoms with E-state index in [1.165, 1.54) is 0 Å². The number of carbonyl (C=O) groups excluding carboxylic acids is 1. The molecule has 6 nitrogen and oxygen atoms in total. The quantitative estimate of drug-likeness (QED) is 0.357. The summed E-state index contributed by atoms with van der Waals surface area (Å²) < 4.78 is 5.59. The van der Waals surface area contributed by atoms with E-state index < -0.39 is 6.10 Å². The van der Waals surface area contributed by atoms with Gasteiger partial charge >= 0.3 is 0 Å². The first-order chi connectivity index (χ1) is 12.8. The summed E-state index contributed by atoms with van der Waals surface area (Å²) in [4.78, 5) is 12.8. The number of aliphatic hydroxyl groups excluding tert-OH is 1. The minimum atomic E-state index is -0.708. The van der Waals surface area contributed by atoms with Crippen molar-refractivity contribution in [2.75, 3.05) is 18.9 Å². The molecule has 0 saturated carbocycles. The Morgan fingerprint density at radius 1 is 1.36 bits per heavy atom. The molecule has 2 unspecified atom stereocenters. The van der Waals surface area contributed by atoms with Crippen molar-refractivity contribution in [2.24, 2.45) is 5.92 Å².